The molecule has 1 heterocycles. The molecule has 1 fully saturated rings. The van der Waals surface area contributed by atoms with Crippen LogP contribution in [0.15, 0.2) is 0 Å². The first-order valence-electron chi connectivity index (χ1n) is 3.92. The fourth-order valence-electron chi connectivity index (χ4n) is 1.35. The van der Waals surface area contributed by atoms with E-state index in [1.54, 1.807) is 0 Å². The second-order valence-corrected chi connectivity index (χ2v) is 3.37. The molecule has 0 unspecified atom stereocenters. The summed E-state index contributed by atoms with van der Waals surface area (Å²) < 4.78 is 5.41. The molecule has 10 heavy (non-hydrogen) atoms. The molecular formula is C8H16O2. The van der Waals surface area contributed by atoms with Gasteiger partial charge >= 0.3 is 0 Å². The maximum Gasteiger partial charge on any atom is 0.0637 e. The highest BCUT2D eigenvalue weighted by Crippen LogP contribution is 2.24. The third kappa shape index (κ3) is 1.32. The van der Waals surface area contributed by atoms with E-state index in [1.165, 1.54) is 0 Å². The predicted octanol–water partition coefficient (Wildman–Crippen LogP) is 1.04. The number of aliphatic hydroxyl groups is 1. The smallest absolute Gasteiger partial charge is 0.0637 e. The zero-order valence-corrected chi connectivity index (χ0v) is 6.87. The predicted molar refractivity (Wildman–Crippen MR) is 39.7 cm³/mol. The van der Waals surface area contributed by atoms with Crippen molar-refractivity contribution in [1.29, 1.82) is 0 Å². The minimum Gasteiger partial charge on any atom is -0.392 e. The number of rotatable bonds is 0. The van der Waals surface area contributed by atoms with Gasteiger partial charge in [0, 0.05) is 11.8 Å². The average Bonchev–Trinajstić information content (AvgIpc) is 1.93. The van der Waals surface area contributed by atoms with E-state index in [-0.39, 0.29) is 18.1 Å². The topological polar surface area (TPSA) is 29.5 Å². The standard InChI is InChI=1S/C8H16O2/c1-5-4-10-7(3)6(2)8(5)9/h5-9H,4H2,1-3H3/t5-,6-,7-,8-/m0/s1. The molecule has 0 aromatic carbocycles. The lowest BCUT2D eigenvalue weighted by molar-refractivity contribution is -0.109. The fourth-order valence-corrected chi connectivity index (χ4v) is 1.35. The Kier molecular flexibility index (Phi) is 2.32. The molecule has 1 saturated heterocycles. The van der Waals surface area contributed by atoms with Crippen molar-refractivity contribution in [1.82, 2.24) is 0 Å². The van der Waals surface area contributed by atoms with E-state index in [4.69, 9.17) is 4.74 Å². The first-order valence-corrected chi connectivity index (χ1v) is 3.92. The molecule has 1 aliphatic heterocycles. The summed E-state index contributed by atoms with van der Waals surface area (Å²) in [5.74, 6) is 0.579. The van der Waals surface area contributed by atoms with Crippen LogP contribution in [0.5, 0.6) is 0 Å². The quantitative estimate of drug-likeness (QED) is 0.550. The normalized spacial score (nSPS) is 49.2. The maximum absolute atomic E-state index is 9.54. The Morgan fingerprint density at radius 3 is 2.40 bits per heavy atom. The van der Waals surface area contributed by atoms with Crippen molar-refractivity contribution in [2.24, 2.45) is 11.8 Å². The molecule has 60 valence electrons. The second-order valence-electron chi connectivity index (χ2n) is 3.37. The molecule has 0 amide bonds. The van der Waals surface area contributed by atoms with Gasteiger partial charge in [-0.05, 0) is 6.92 Å². The average molecular weight is 144 g/mol. The van der Waals surface area contributed by atoms with Crippen molar-refractivity contribution >= 4 is 0 Å². The molecule has 1 rings (SSSR count). The molecular weight excluding hydrogens is 128 g/mol. The Bertz CT molecular complexity index is 99.8. The first-order chi connectivity index (χ1) is 4.63. The van der Waals surface area contributed by atoms with Crippen LogP contribution in [-0.4, -0.2) is 23.9 Å². The number of hydrogen-bond acceptors (Lipinski definition) is 2. The van der Waals surface area contributed by atoms with Crippen molar-refractivity contribution in [2.45, 2.75) is 33.0 Å². The van der Waals surface area contributed by atoms with Crippen LogP contribution in [0.1, 0.15) is 20.8 Å². The van der Waals surface area contributed by atoms with Crippen molar-refractivity contribution < 1.29 is 9.84 Å². The van der Waals surface area contributed by atoms with E-state index < -0.39 is 0 Å². The zero-order chi connectivity index (χ0) is 7.72. The van der Waals surface area contributed by atoms with Crippen LogP contribution in [0.2, 0.25) is 0 Å². The highest BCUT2D eigenvalue weighted by molar-refractivity contribution is 4.79. The van der Waals surface area contributed by atoms with Gasteiger partial charge in [-0.15, -0.1) is 0 Å². The third-order valence-electron chi connectivity index (χ3n) is 2.48. The highest BCUT2D eigenvalue weighted by Gasteiger charge is 2.31. The minimum absolute atomic E-state index is 0.177. The molecule has 0 radical (unpaired) electrons. The molecule has 2 nitrogen and oxygen atoms in total. The maximum atomic E-state index is 9.54. The van der Waals surface area contributed by atoms with Gasteiger partial charge in [-0.2, -0.15) is 0 Å². The molecule has 4 atom stereocenters. The Morgan fingerprint density at radius 1 is 1.30 bits per heavy atom. The SMILES string of the molecule is C[C@@H]1[C@@H](O)[C@@H](C)CO[C@H]1C. The molecule has 0 aromatic heterocycles. The Labute approximate surface area is 62.2 Å². The van der Waals surface area contributed by atoms with Crippen LogP contribution in [0.4, 0.5) is 0 Å². The Morgan fingerprint density at radius 2 is 1.90 bits per heavy atom. The summed E-state index contributed by atoms with van der Waals surface area (Å²) in [4.78, 5) is 0. The number of aliphatic hydroxyl groups excluding tert-OH is 1. The summed E-state index contributed by atoms with van der Waals surface area (Å²) in [6.45, 7) is 6.77. The van der Waals surface area contributed by atoms with E-state index in [1.807, 2.05) is 20.8 Å². The molecule has 1 aliphatic rings. The largest absolute Gasteiger partial charge is 0.392 e. The summed E-state index contributed by atoms with van der Waals surface area (Å²) in [6.07, 6.45) is 0.0370. The lowest BCUT2D eigenvalue weighted by Gasteiger charge is -2.35. The van der Waals surface area contributed by atoms with Crippen LogP contribution in [0, 0.1) is 11.8 Å². The van der Waals surface area contributed by atoms with Gasteiger partial charge in [-0.3, -0.25) is 0 Å². The fraction of sp³-hybridized carbons (Fsp3) is 1.00. The summed E-state index contributed by atoms with van der Waals surface area (Å²) in [7, 11) is 0. The van der Waals surface area contributed by atoms with Gasteiger partial charge in [0.25, 0.3) is 0 Å². The van der Waals surface area contributed by atoms with Gasteiger partial charge in [0.2, 0.25) is 0 Å². The van der Waals surface area contributed by atoms with Gasteiger partial charge in [0.15, 0.2) is 0 Å². The van der Waals surface area contributed by atoms with Gasteiger partial charge in [0.1, 0.15) is 0 Å². The van der Waals surface area contributed by atoms with E-state index in [9.17, 15) is 5.11 Å². The van der Waals surface area contributed by atoms with E-state index in [0.717, 1.165) is 0 Å². The highest BCUT2D eigenvalue weighted by atomic mass is 16.5. The molecule has 0 bridgehead atoms. The second kappa shape index (κ2) is 2.89. The molecule has 0 spiro atoms. The van der Waals surface area contributed by atoms with E-state index >= 15 is 0 Å². The van der Waals surface area contributed by atoms with Crippen molar-refractivity contribution in [3.05, 3.63) is 0 Å². The molecule has 0 aromatic rings. The molecule has 1 N–H and O–H groups in total. The van der Waals surface area contributed by atoms with Crippen LogP contribution in [-0.2, 0) is 4.74 Å². The van der Waals surface area contributed by atoms with Gasteiger partial charge in [0.05, 0.1) is 18.8 Å². The van der Waals surface area contributed by atoms with Crippen molar-refractivity contribution in [3.63, 3.8) is 0 Å². The summed E-state index contributed by atoms with van der Waals surface area (Å²) in [6, 6.07) is 0. The van der Waals surface area contributed by atoms with Crippen LogP contribution < -0.4 is 0 Å². The summed E-state index contributed by atoms with van der Waals surface area (Å²) in [5.41, 5.74) is 0. The van der Waals surface area contributed by atoms with Crippen LogP contribution in [0.25, 0.3) is 0 Å². The first kappa shape index (κ1) is 8.02. The summed E-state index contributed by atoms with van der Waals surface area (Å²) in [5, 5.41) is 9.54. The Balaban J connectivity index is 2.52. The van der Waals surface area contributed by atoms with E-state index in [0.29, 0.717) is 12.5 Å². The number of hydrogen-bond donors (Lipinski definition) is 1. The lowest BCUT2D eigenvalue weighted by Crippen LogP contribution is -2.42. The van der Waals surface area contributed by atoms with Gasteiger partial charge in [-0.25, -0.2) is 0 Å². The van der Waals surface area contributed by atoms with Crippen LogP contribution >= 0.6 is 0 Å². The van der Waals surface area contributed by atoms with Gasteiger partial charge < -0.3 is 9.84 Å². The summed E-state index contributed by atoms with van der Waals surface area (Å²) >= 11 is 0. The number of ether oxygens (including phenoxy) is 1. The monoisotopic (exact) mass is 144 g/mol. The molecule has 0 aliphatic carbocycles. The van der Waals surface area contributed by atoms with Crippen molar-refractivity contribution in [3.8, 4) is 0 Å². The minimum atomic E-state index is -0.177. The van der Waals surface area contributed by atoms with Gasteiger partial charge in [-0.1, -0.05) is 13.8 Å². The molecule has 0 saturated carbocycles. The van der Waals surface area contributed by atoms with E-state index in [2.05, 4.69) is 0 Å². The third-order valence-corrected chi connectivity index (χ3v) is 2.48. The lowest BCUT2D eigenvalue weighted by atomic mass is 9.88. The molecule has 2 heteroatoms. The van der Waals surface area contributed by atoms with Crippen molar-refractivity contribution in [2.75, 3.05) is 6.61 Å². The Hall–Kier alpha value is -0.0800. The van der Waals surface area contributed by atoms with Crippen LogP contribution in [0.3, 0.4) is 0 Å². The zero-order valence-electron chi connectivity index (χ0n) is 6.87.